The van der Waals surface area contributed by atoms with E-state index in [0.717, 1.165) is 12.8 Å². The minimum absolute atomic E-state index is 0.177. The molecule has 98 valence electrons. The lowest BCUT2D eigenvalue weighted by Gasteiger charge is -2.14. The number of benzene rings is 1. The molecular weight excluding hydrogens is 232 g/mol. The van der Waals surface area contributed by atoms with Gasteiger partial charge in [-0.15, -0.1) is 0 Å². The second-order valence-corrected chi connectivity index (χ2v) is 4.03. The molecule has 5 heteroatoms. The molecule has 1 aliphatic heterocycles. The number of carbonyl (C=O) groups is 1. The molecule has 1 atom stereocenters. The zero-order chi connectivity index (χ0) is 12.8. The summed E-state index contributed by atoms with van der Waals surface area (Å²) in [6.07, 6.45) is 1.67. The third kappa shape index (κ3) is 3.37. The molecule has 2 N–H and O–H groups in total. The van der Waals surface area contributed by atoms with E-state index in [0.29, 0.717) is 24.7 Å². The first-order chi connectivity index (χ1) is 8.79. The molecule has 1 unspecified atom stereocenters. The number of hydrogen-bond donors (Lipinski definition) is 2. The fourth-order valence-electron chi connectivity index (χ4n) is 1.85. The van der Waals surface area contributed by atoms with Crippen molar-refractivity contribution in [1.29, 1.82) is 0 Å². The third-order valence-electron chi connectivity index (χ3n) is 2.66. The van der Waals surface area contributed by atoms with Crippen molar-refractivity contribution in [3.63, 3.8) is 0 Å². The van der Waals surface area contributed by atoms with E-state index in [4.69, 9.17) is 9.47 Å². The second-order valence-electron chi connectivity index (χ2n) is 4.03. The fraction of sp³-hybridized carbons (Fsp3) is 0.462. The van der Waals surface area contributed by atoms with E-state index in [1.54, 1.807) is 6.07 Å². The van der Waals surface area contributed by atoms with Crippen LogP contribution < -0.4 is 15.4 Å². The summed E-state index contributed by atoms with van der Waals surface area (Å²) in [6, 6.07) is 7.08. The van der Waals surface area contributed by atoms with Crippen molar-refractivity contribution >= 4 is 11.7 Å². The Balaban J connectivity index is 1.93. The van der Waals surface area contributed by atoms with Crippen LogP contribution >= 0.6 is 0 Å². The van der Waals surface area contributed by atoms with Gasteiger partial charge in [0.25, 0.3) is 0 Å². The van der Waals surface area contributed by atoms with Crippen molar-refractivity contribution in [3.05, 3.63) is 24.3 Å². The average molecular weight is 250 g/mol. The van der Waals surface area contributed by atoms with Gasteiger partial charge in [-0.05, 0) is 31.9 Å². The van der Waals surface area contributed by atoms with E-state index in [9.17, 15) is 4.79 Å². The average Bonchev–Trinajstić information content (AvgIpc) is 2.84. The van der Waals surface area contributed by atoms with Gasteiger partial charge in [0, 0.05) is 6.61 Å². The lowest BCUT2D eigenvalue weighted by Crippen LogP contribution is -2.37. The predicted octanol–water partition coefficient (Wildman–Crippen LogP) is 2.34. The summed E-state index contributed by atoms with van der Waals surface area (Å²) in [5, 5.41) is 5.54. The Labute approximate surface area is 106 Å². The molecule has 2 amide bonds. The summed E-state index contributed by atoms with van der Waals surface area (Å²) in [5.74, 6) is 0.669. The summed E-state index contributed by atoms with van der Waals surface area (Å²) >= 11 is 0. The Bertz CT molecular complexity index is 403. The maximum atomic E-state index is 11.8. The Kier molecular flexibility index (Phi) is 4.41. The Morgan fingerprint density at radius 1 is 1.50 bits per heavy atom. The van der Waals surface area contributed by atoms with Crippen LogP contribution in [0.15, 0.2) is 24.3 Å². The number of urea groups is 1. The number of anilines is 1. The topological polar surface area (TPSA) is 59.6 Å². The van der Waals surface area contributed by atoms with Gasteiger partial charge in [0.2, 0.25) is 0 Å². The van der Waals surface area contributed by atoms with Gasteiger partial charge in [-0.25, -0.2) is 4.79 Å². The molecule has 18 heavy (non-hydrogen) atoms. The summed E-state index contributed by atoms with van der Waals surface area (Å²) in [5.41, 5.74) is 0.662. The maximum absolute atomic E-state index is 11.8. The Morgan fingerprint density at radius 3 is 3.06 bits per heavy atom. The molecular formula is C13H18N2O3. The van der Waals surface area contributed by atoms with Crippen LogP contribution in [0.1, 0.15) is 19.8 Å². The minimum Gasteiger partial charge on any atom is -0.492 e. The normalized spacial score (nSPS) is 18.4. The number of carbonyl (C=O) groups excluding carboxylic acids is 1. The SMILES string of the molecule is CCOc1ccccc1NC(=O)NC1CCCO1. The first-order valence-electron chi connectivity index (χ1n) is 6.20. The van der Waals surface area contributed by atoms with Crippen molar-refractivity contribution in [1.82, 2.24) is 5.32 Å². The van der Waals surface area contributed by atoms with E-state index in [1.807, 2.05) is 25.1 Å². The van der Waals surface area contributed by atoms with Crippen LogP contribution in [0.2, 0.25) is 0 Å². The van der Waals surface area contributed by atoms with Gasteiger partial charge in [-0.1, -0.05) is 12.1 Å². The first kappa shape index (κ1) is 12.7. The number of ether oxygens (including phenoxy) is 2. The largest absolute Gasteiger partial charge is 0.492 e. The highest BCUT2D eigenvalue weighted by Crippen LogP contribution is 2.23. The summed E-state index contributed by atoms with van der Waals surface area (Å²) < 4.78 is 10.8. The molecule has 0 radical (unpaired) electrons. The zero-order valence-corrected chi connectivity index (χ0v) is 10.4. The van der Waals surface area contributed by atoms with Crippen LogP contribution in [-0.4, -0.2) is 25.5 Å². The number of nitrogens with one attached hydrogen (secondary N) is 2. The smallest absolute Gasteiger partial charge is 0.321 e. The molecule has 1 heterocycles. The molecule has 1 aromatic carbocycles. The van der Waals surface area contributed by atoms with E-state index >= 15 is 0 Å². The highest BCUT2D eigenvalue weighted by molar-refractivity contribution is 5.91. The molecule has 1 saturated heterocycles. The lowest BCUT2D eigenvalue weighted by atomic mass is 10.3. The van der Waals surface area contributed by atoms with Crippen LogP contribution in [0.5, 0.6) is 5.75 Å². The highest BCUT2D eigenvalue weighted by Gasteiger charge is 2.18. The van der Waals surface area contributed by atoms with Gasteiger partial charge in [-0.2, -0.15) is 0 Å². The lowest BCUT2D eigenvalue weighted by molar-refractivity contribution is 0.0928. The molecule has 2 rings (SSSR count). The molecule has 0 aromatic heterocycles. The predicted molar refractivity (Wildman–Crippen MR) is 68.7 cm³/mol. The summed E-state index contributed by atoms with van der Waals surface area (Å²) in [4.78, 5) is 11.8. The van der Waals surface area contributed by atoms with Crippen LogP contribution in [-0.2, 0) is 4.74 Å². The Hall–Kier alpha value is -1.75. The standard InChI is InChI=1S/C13H18N2O3/c1-2-17-11-7-4-3-6-10(11)14-13(16)15-12-8-5-9-18-12/h3-4,6-7,12H,2,5,8-9H2,1H3,(H2,14,15,16). The monoisotopic (exact) mass is 250 g/mol. The van der Waals surface area contributed by atoms with Gasteiger partial charge in [0.1, 0.15) is 12.0 Å². The van der Waals surface area contributed by atoms with Gasteiger partial charge in [0.15, 0.2) is 0 Å². The third-order valence-corrected chi connectivity index (χ3v) is 2.66. The highest BCUT2D eigenvalue weighted by atomic mass is 16.5. The Morgan fingerprint density at radius 2 is 2.33 bits per heavy atom. The molecule has 0 aliphatic carbocycles. The quantitative estimate of drug-likeness (QED) is 0.862. The second kappa shape index (κ2) is 6.26. The molecule has 0 bridgehead atoms. The van der Waals surface area contributed by atoms with E-state index < -0.39 is 0 Å². The maximum Gasteiger partial charge on any atom is 0.321 e. The molecule has 0 spiro atoms. The minimum atomic E-state index is -0.269. The molecule has 1 aromatic rings. The van der Waals surface area contributed by atoms with Crippen LogP contribution in [0.4, 0.5) is 10.5 Å². The zero-order valence-electron chi connectivity index (χ0n) is 10.4. The van der Waals surface area contributed by atoms with E-state index in [1.165, 1.54) is 0 Å². The summed E-state index contributed by atoms with van der Waals surface area (Å²) in [7, 11) is 0. The van der Waals surface area contributed by atoms with E-state index in [-0.39, 0.29) is 12.3 Å². The van der Waals surface area contributed by atoms with Crippen LogP contribution in [0.25, 0.3) is 0 Å². The number of rotatable bonds is 4. The van der Waals surface area contributed by atoms with Gasteiger partial charge >= 0.3 is 6.03 Å². The molecule has 5 nitrogen and oxygen atoms in total. The first-order valence-corrected chi connectivity index (χ1v) is 6.20. The van der Waals surface area contributed by atoms with Crippen LogP contribution in [0, 0.1) is 0 Å². The van der Waals surface area contributed by atoms with Crippen molar-refractivity contribution in [2.24, 2.45) is 0 Å². The van der Waals surface area contributed by atoms with Crippen molar-refractivity contribution in [2.45, 2.75) is 26.0 Å². The van der Waals surface area contributed by atoms with Crippen molar-refractivity contribution < 1.29 is 14.3 Å². The number of para-hydroxylation sites is 2. The van der Waals surface area contributed by atoms with Crippen molar-refractivity contribution in [3.8, 4) is 5.75 Å². The van der Waals surface area contributed by atoms with Crippen LogP contribution in [0.3, 0.4) is 0 Å². The van der Waals surface area contributed by atoms with Gasteiger partial charge in [-0.3, -0.25) is 0 Å². The van der Waals surface area contributed by atoms with E-state index in [2.05, 4.69) is 10.6 Å². The molecule has 1 fully saturated rings. The summed E-state index contributed by atoms with van der Waals surface area (Å²) in [6.45, 7) is 3.18. The van der Waals surface area contributed by atoms with Gasteiger partial charge in [0.05, 0.1) is 12.3 Å². The molecule has 0 saturated carbocycles. The molecule has 1 aliphatic rings. The number of amides is 2. The van der Waals surface area contributed by atoms with Gasteiger partial charge < -0.3 is 20.1 Å². The number of hydrogen-bond acceptors (Lipinski definition) is 3. The fourth-order valence-corrected chi connectivity index (χ4v) is 1.85. The van der Waals surface area contributed by atoms with Crippen molar-refractivity contribution in [2.75, 3.05) is 18.5 Å².